The first-order valence-electron chi connectivity index (χ1n) is 5.87. The summed E-state index contributed by atoms with van der Waals surface area (Å²) < 4.78 is 0. The molecule has 1 saturated carbocycles. The van der Waals surface area contributed by atoms with Crippen LogP contribution in [0.15, 0.2) is 30.3 Å². The maximum Gasteiger partial charge on any atom is 0.239 e. The summed E-state index contributed by atoms with van der Waals surface area (Å²) in [5.74, 6) is -0.293. The fourth-order valence-electron chi connectivity index (χ4n) is 2.32. The second kappa shape index (κ2) is 5.12. The Kier molecular flexibility index (Phi) is 3.57. The number of amides is 1. The molecular weight excluding hydrogens is 200 g/mol. The van der Waals surface area contributed by atoms with Gasteiger partial charge in [0.25, 0.3) is 0 Å². The SMILES string of the molecule is NC(=O)C(NC1CCCC1)c1ccccc1. The van der Waals surface area contributed by atoms with Gasteiger partial charge in [0.15, 0.2) is 0 Å². The molecule has 0 aromatic heterocycles. The lowest BCUT2D eigenvalue weighted by Crippen LogP contribution is -2.38. The molecule has 1 aliphatic rings. The number of nitrogens with two attached hydrogens (primary N) is 1. The molecule has 0 spiro atoms. The average molecular weight is 218 g/mol. The summed E-state index contributed by atoms with van der Waals surface area (Å²) in [5, 5.41) is 3.36. The molecule has 86 valence electrons. The molecule has 1 aromatic rings. The molecule has 1 fully saturated rings. The molecule has 0 bridgehead atoms. The topological polar surface area (TPSA) is 55.1 Å². The van der Waals surface area contributed by atoms with Crippen LogP contribution >= 0.6 is 0 Å². The summed E-state index contributed by atoms with van der Waals surface area (Å²) in [4.78, 5) is 11.4. The summed E-state index contributed by atoms with van der Waals surface area (Å²) in [6.07, 6.45) is 4.79. The molecule has 1 aromatic carbocycles. The zero-order valence-electron chi connectivity index (χ0n) is 9.36. The van der Waals surface area contributed by atoms with Crippen LogP contribution < -0.4 is 11.1 Å². The Morgan fingerprint density at radius 3 is 2.44 bits per heavy atom. The zero-order chi connectivity index (χ0) is 11.4. The van der Waals surface area contributed by atoms with Crippen molar-refractivity contribution in [3.63, 3.8) is 0 Å². The summed E-state index contributed by atoms with van der Waals surface area (Å²) in [7, 11) is 0. The number of nitrogens with one attached hydrogen (secondary N) is 1. The molecule has 3 N–H and O–H groups in total. The quantitative estimate of drug-likeness (QED) is 0.809. The van der Waals surface area contributed by atoms with Gasteiger partial charge in [-0.3, -0.25) is 10.1 Å². The highest BCUT2D eigenvalue weighted by Gasteiger charge is 2.23. The lowest BCUT2D eigenvalue weighted by molar-refractivity contribution is -0.120. The van der Waals surface area contributed by atoms with Crippen molar-refractivity contribution in [3.05, 3.63) is 35.9 Å². The van der Waals surface area contributed by atoms with Crippen LogP contribution in [0.2, 0.25) is 0 Å². The van der Waals surface area contributed by atoms with Crippen molar-refractivity contribution in [1.29, 1.82) is 0 Å². The van der Waals surface area contributed by atoms with Gasteiger partial charge in [-0.25, -0.2) is 0 Å². The molecule has 0 heterocycles. The van der Waals surface area contributed by atoms with E-state index in [2.05, 4.69) is 5.32 Å². The molecule has 2 rings (SSSR count). The largest absolute Gasteiger partial charge is 0.368 e. The monoisotopic (exact) mass is 218 g/mol. The Labute approximate surface area is 96.0 Å². The molecule has 1 atom stereocenters. The van der Waals surface area contributed by atoms with E-state index in [1.54, 1.807) is 0 Å². The second-order valence-corrected chi connectivity index (χ2v) is 4.39. The molecule has 0 radical (unpaired) electrons. The molecule has 1 unspecified atom stereocenters. The molecular formula is C13H18N2O. The number of hydrogen-bond acceptors (Lipinski definition) is 2. The Balaban J connectivity index is 2.08. The van der Waals surface area contributed by atoms with Crippen molar-refractivity contribution in [2.24, 2.45) is 5.73 Å². The third kappa shape index (κ3) is 2.61. The van der Waals surface area contributed by atoms with Crippen LogP contribution in [0.1, 0.15) is 37.3 Å². The highest BCUT2D eigenvalue weighted by atomic mass is 16.1. The number of rotatable bonds is 4. The van der Waals surface area contributed by atoms with E-state index in [0.29, 0.717) is 6.04 Å². The van der Waals surface area contributed by atoms with E-state index in [1.807, 2.05) is 30.3 Å². The molecule has 0 saturated heterocycles. The van der Waals surface area contributed by atoms with Gasteiger partial charge in [0.05, 0.1) is 0 Å². The van der Waals surface area contributed by atoms with Gasteiger partial charge in [-0.1, -0.05) is 43.2 Å². The van der Waals surface area contributed by atoms with E-state index in [-0.39, 0.29) is 11.9 Å². The maximum atomic E-state index is 11.4. The average Bonchev–Trinajstić information content (AvgIpc) is 2.79. The minimum atomic E-state index is -0.343. The van der Waals surface area contributed by atoms with Crippen LogP contribution in [0.4, 0.5) is 0 Å². The summed E-state index contributed by atoms with van der Waals surface area (Å²) in [6.45, 7) is 0. The summed E-state index contributed by atoms with van der Waals surface area (Å²) >= 11 is 0. The highest BCUT2D eigenvalue weighted by Crippen LogP contribution is 2.21. The van der Waals surface area contributed by atoms with Gasteiger partial charge in [-0.05, 0) is 18.4 Å². The molecule has 3 heteroatoms. The fourth-order valence-corrected chi connectivity index (χ4v) is 2.32. The van der Waals surface area contributed by atoms with Crippen molar-refractivity contribution in [2.45, 2.75) is 37.8 Å². The molecule has 0 aliphatic heterocycles. The first kappa shape index (κ1) is 11.1. The van der Waals surface area contributed by atoms with Gasteiger partial charge in [-0.2, -0.15) is 0 Å². The van der Waals surface area contributed by atoms with Gasteiger partial charge in [0, 0.05) is 6.04 Å². The van der Waals surface area contributed by atoms with Gasteiger partial charge >= 0.3 is 0 Å². The second-order valence-electron chi connectivity index (χ2n) is 4.39. The normalized spacial score (nSPS) is 18.5. The van der Waals surface area contributed by atoms with Crippen molar-refractivity contribution < 1.29 is 4.79 Å². The van der Waals surface area contributed by atoms with Gasteiger partial charge in [-0.15, -0.1) is 0 Å². The van der Waals surface area contributed by atoms with Gasteiger partial charge < -0.3 is 5.73 Å². The first-order valence-corrected chi connectivity index (χ1v) is 5.87. The van der Waals surface area contributed by atoms with Crippen LogP contribution in [-0.4, -0.2) is 11.9 Å². The van der Waals surface area contributed by atoms with Crippen LogP contribution in [0.25, 0.3) is 0 Å². The third-order valence-corrected chi connectivity index (χ3v) is 3.17. The van der Waals surface area contributed by atoms with Crippen LogP contribution in [0.5, 0.6) is 0 Å². The number of benzene rings is 1. The predicted molar refractivity (Wildman–Crippen MR) is 63.8 cm³/mol. The Bertz CT molecular complexity index is 344. The summed E-state index contributed by atoms with van der Waals surface area (Å²) in [5.41, 5.74) is 6.41. The molecule has 3 nitrogen and oxygen atoms in total. The number of carbonyl (C=O) groups is 1. The fraction of sp³-hybridized carbons (Fsp3) is 0.462. The third-order valence-electron chi connectivity index (χ3n) is 3.17. The Morgan fingerprint density at radius 2 is 1.88 bits per heavy atom. The maximum absolute atomic E-state index is 11.4. The highest BCUT2D eigenvalue weighted by molar-refractivity contribution is 5.81. The van der Waals surface area contributed by atoms with Crippen molar-refractivity contribution >= 4 is 5.91 Å². The minimum Gasteiger partial charge on any atom is -0.368 e. The van der Waals surface area contributed by atoms with E-state index in [0.717, 1.165) is 18.4 Å². The van der Waals surface area contributed by atoms with Crippen molar-refractivity contribution in [2.75, 3.05) is 0 Å². The van der Waals surface area contributed by atoms with Gasteiger partial charge in [0.2, 0.25) is 5.91 Å². The lowest BCUT2D eigenvalue weighted by Gasteiger charge is -2.20. The standard InChI is InChI=1S/C13H18N2O/c14-13(16)12(10-6-2-1-3-7-10)15-11-8-4-5-9-11/h1-3,6-7,11-12,15H,4-5,8-9H2,(H2,14,16). The number of hydrogen-bond donors (Lipinski definition) is 2. The van der Waals surface area contributed by atoms with E-state index in [9.17, 15) is 4.79 Å². The van der Waals surface area contributed by atoms with Crippen molar-refractivity contribution in [1.82, 2.24) is 5.32 Å². The van der Waals surface area contributed by atoms with Crippen molar-refractivity contribution in [3.8, 4) is 0 Å². The first-order chi connectivity index (χ1) is 7.77. The van der Waals surface area contributed by atoms with Crippen LogP contribution in [-0.2, 0) is 4.79 Å². The predicted octanol–water partition coefficient (Wildman–Crippen LogP) is 1.75. The summed E-state index contributed by atoms with van der Waals surface area (Å²) in [6, 6.07) is 9.79. The number of primary amides is 1. The number of carbonyl (C=O) groups excluding carboxylic acids is 1. The van der Waals surface area contributed by atoms with Crippen LogP contribution in [0, 0.1) is 0 Å². The molecule has 1 aliphatic carbocycles. The Morgan fingerprint density at radius 1 is 1.25 bits per heavy atom. The zero-order valence-corrected chi connectivity index (χ0v) is 9.36. The minimum absolute atomic E-state index is 0.293. The van der Waals surface area contributed by atoms with Gasteiger partial charge in [0.1, 0.15) is 6.04 Å². The Hall–Kier alpha value is -1.35. The lowest BCUT2D eigenvalue weighted by atomic mass is 10.0. The van der Waals surface area contributed by atoms with E-state index < -0.39 is 0 Å². The molecule has 16 heavy (non-hydrogen) atoms. The van der Waals surface area contributed by atoms with E-state index in [1.165, 1.54) is 12.8 Å². The van der Waals surface area contributed by atoms with Crippen LogP contribution in [0.3, 0.4) is 0 Å². The smallest absolute Gasteiger partial charge is 0.239 e. The van der Waals surface area contributed by atoms with E-state index in [4.69, 9.17) is 5.73 Å². The molecule has 1 amide bonds. The van der Waals surface area contributed by atoms with E-state index >= 15 is 0 Å².